The monoisotopic (exact) mass is 298 g/mol. The predicted molar refractivity (Wildman–Crippen MR) is 78.1 cm³/mol. The van der Waals surface area contributed by atoms with Crippen molar-refractivity contribution in [3.8, 4) is 5.75 Å². The topological polar surface area (TPSA) is 81.4 Å². The highest BCUT2D eigenvalue weighted by molar-refractivity contribution is 7.89. The molecule has 5 nitrogen and oxygen atoms in total. The van der Waals surface area contributed by atoms with Gasteiger partial charge in [0.2, 0.25) is 10.0 Å². The van der Waals surface area contributed by atoms with Gasteiger partial charge < -0.3 is 10.5 Å². The van der Waals surface area contributed by atoms with E-state index in [4.69, 9.17) is 10.5 Å². The molecule has 1 aromatic rings. The number of hydrogen-bond acceptors (Lipinski definition) is 4. The second-order valence-corrected chi connectivity index (χ2v) is 6.83. The molecule has 0 amide bonds. The summed E-state index contributed by atoms with van der Waals surface area (Å²) < 4.78 is 32.9. The van der Waals surface area contributed by atoms with Crippen molar-refractivity contribution in [3.05, 3.63) is 23.8 Å². The Morgan fingerprint density at radius 2 is 2.00 bits per heavy atom. The van der Waals surface area contributed by atoms with E-state index in [0.29, 0.717) is 12.3 Å². The van der Waals surface area contributed by atoms with Crippen LogP contribution in [0.2, 0.25) is 0 Å². The molecule has 0 aliphatic heterocycles. The molecule has 2 rings (SSSR count). The molecule has 0 unspecified atom stereocenters. The molecular formula is C14H22N2O3S. The van der Waals surface area contributed by atoms with Gasteiger partial charge in [-0.25, -0.2) is 13.1 Å². The summed E-state index contributed by atoms with van der Waals surface area (Å²) >= 11 is 0. The van der Waals surface area contributed by atoms with Crippen LogP contribution in [0.4, 0.5) is 0 Å². The molecule has 0 saturated heterocycles. The van der Waals surface area contributed by atoms with Gasteiger partial charge >= 0.3 is 0 Å². The van der Waals surface area contributed by atoms with Gasteiger partial charge in [-0.15, -0.1) is 0 Å². The molecule has 1 aliphatic carbocycles. The van der Waals surface area contributed by atoms with Crippen LogP contribution in [0.25, 0.3) is 0 Å². The van der Waals surface area contributed by atoms with Gasteiger partial charge in [-0.2, -0.15) is 0 Å². The molecule has 0 atom stereocenters. The van der Waals surface area contributed by atoms with Crippen molar-refractivity contribution in [2.45, 2.75) is 49.6 Å². The molecule has 20 heavy (non-hydrogen) atoms. The summed E-state index contributed by atoms with van der Waals surface area (Å²) in [6.07, 6.45) is 5.16. The van der Waals surface area contributed by atoms with E-state index >= 15 is 0 Å². The smallest absolute Gasteiger partial charge is 0.244 e. The summed E-state index contributed by atoms with van der Waals surface area (Å²) in [5.41, 5.74) is 6.41. The quantitative estimate of drug-likeness (QED) is 0.868. The van der Waals surface area contributed by atoms with Crippen molar-refractivity contribution in [1.29, 1.82) is 0 Å². The zero-order chi connectivity index (χ0) is 14.6. The normalized spacial score (nSPS) is 17.1. The van der Waals surface area contributed by atoms with Crippen molar-refractivity contribution < 1.29 is 13.2 Å². The van der Waals surface area contributed by atoms with Crippen molar-refractivity contribution in [3.63, 3.8) is 0 Å². The maximum Gasteiger partial charge on any atom is 0.244 e. The van der Waals surface area contributed by atoms with E-state index < -0.39 is 10.0 Å². The van der Waals surface area contributed by atoms with Crippen LogP contribution in [0.3, 0.4) is 0 Å². The number of rotatable bonds is 5. The highest BCUT2D eigenvalue weighted by Gasteiger charge is 2.24. The standard InChI is InChI=1S/C14H22N2O3S/c1-19-13-9-11(10-15)7-8-14(13)20(17,18)16-12-5-3-2-4-6-12/h7-9,12,16H,2-6,10,15H2,1H3. The number of ether oxygens (including phenoxy) is 1. The fourth-order valence-electron chi connectivity index (χ4n) is 2.56. The van der Waals surface area contributed by atoms with Gasteiger partial charge in [-0.3, -0.25) is 0 Å². The Morgan fingerprint density at radius 1 is 1.30 bits per heavy atom. The fourth-order valence-corrected chi connectivity index (χ4v) is 4.02. The first-order valence-electron chi connectivity index (χ1n) is 6.96. The van der Waals surface area contributed by atoms with Crippen molar-refractivity contribution in [2.75, 3.05) is 7.11 Å². The van der Waals surface area contributed by atoms with Crippen LogP contribution >= 0.6 is 0 Å². The number of hydrogen-bond donors (Lipinski definition) is 2. The van der Waals surface area contributed by atoms with Gasteiger partial charge in [0.15, 0.2) is 0 Å². The van der Waals surface area contributed by atoms with Crippen LogP contribution in [0, 0.1) is 0 Å². The van der Waals surface area contributed by atoms with E-state index in [9.17, 15) is 8.42 Å². The molecule has 1 fully saturated rings. The first kappa shape index (κ1) is 15.3. The third-order valence-corrected chi connectivity index (χ3v) is 5.24. The maximum absolute atomic E-state index is 12.5. The van der Waals surface area contributed by atoms with E-state index in [0.717, 1.165) is 31.2 Å². The molecule has 0 radical (unpaired) electrons. The number of nitrogens with one attached hydrogen (secondary N) is 1. The minimum atomic E-state index is -3.54. The number of nitrogens with two attached hydrogens (primary N) is 1. The second kappa shape index (κ2) is 6.56. The summed E-state index contributed by atoms with van der Waals surface area (Å²) in [5.74, 6) is 0.344. The molecule has 3 N–H and O–H groups in total. The Kier molecular flexibility index (Phi) is 5.01. The van der Waals surface area contributed by atoms with E-state index in [1.807, 2.05) is 0 Å². The van der Waals surface area contributed by atoms with E-state index in [1.165, 1.54) is 13.5 Å². The molecule has 0 spiro atoms. The molecule has 1 aliphatic rings. The lowest BCUT2D eigenvalue weighted by Crippen LogP contribution is -2.36. The molecular weight excluding hydrogens is 276 g/mol. The van der Waals surface area contributed by atoms with Gasteiger partial charge in [-0.1, -0.05) is 25.3 Å². The van der Waals surface area contributed by atoms with Crippen LogP contribution in [0.5, 0.6) is 5.75 Å². The van der Waals surface area contributed by atoms with Crippen molar-refractivity contribution >= 4 is 10.0 Å². The molecule has 1 aromatic carbocycles. The highest BCUT2D eigenvalue weighted by atomic mass is 32.2. The first-order chi connectivity index (χ1) is 9.56. The maximum atomic E-state index is 12.5. The highest BCUT2D eigenvalue weighted by Crippen LogP contribution is 2.26. The van der Waals surface area contributed by atoms with Gasteiger partial charge in [0.1, 0.15) is 10.6 Å². The van der Waals surface area contributed by atoms with E-state index in [2.05, 4.69) is 4.72 Å². The van der Waals surface area contributed by atoms with E-state index in [1.54, 1.807) is 18.2 Å². The van der Waals surface area contributed by atoms with Gasteiger partial charge in [0, 0.05) is 12.6 Å². The molecule has 0 bridgehead atoms. The summed E-state index contributed by atoms with van der Waals surface area (Å²) in [6, 6.07) is 4.99. The largest absolute Gasteiger partial charge is 0.495 e. The fraction of sp³-hybridized carbons (Fsp3) is 0.571. The van der Waals surface area contributed by atoms with Gasteiger partial charge in [0.05, 0.1) is 7.11 Å². The SMILES string of the molecule is COc1cc(CN)ccc1S(=O)(=O)NC1CCCCC1. The molecule has 6 heteroatoms. The van der Waals surface area contributed by atoms with Crippen molar-refractivity contribution in [1.82, 2.24) is 4.72 Å². The third kappa shape index (κ3) is 3.50. The lowest BCUT2D eigenvalue weighted by Gasteiger charge is -2.23. The number of benzene rings is 1. The Bertz CT molecular complexity index is 552. The first-order valence-corrected chi connectivity index (χ1v) is 8.44. The molecule has 0 aromatic heterocycles. The van der Waals surface area contributed by atoms with Gasteiger partial charge in [-0.05, 0) is 30.5 Å². The number of methoxy groups -OCH3 is 1. The van der Waals surface area contributed by atoms with Crippen LogP contribution < -0.4 is 15.2 Å². The zero-order valence-corrected chi connectivity index (χ0v) is 12.6. The van der Waals surface area contributed by atoms with Crippen LogP contribution in [-0.4, -0.2) is 21.6 Å². The minimum Gasteiger partial charge on any atom is -0.495 e. The van der Waals surface area contributed by atoms with E-state index in [-0.39, 0.29) is 10.9 Å². The summed E-state index contributed by atoms with van der Waals surface area (Å²) in [4.78, 5) is 0.183. The second-order valence-electron chi connectivity index (χ2n) is 5.15. The Hall–Kier alpha value is -1.11. The summed E-state index contributed by atoms with van der Waals surface area (Å²) in [7, 11) is -2.08. The average Bonchev–Trinajstić information content (AvgIpc) is 2.47. The molecule has 1 saturated carbocycles. The lowest BCUT2D eigenvalue weighted by atomic mass is 9.96. The predicted octanol–water partition coefficient (Wildman–Crippen LogP) is 1.76. The molecule has 0 heterocycles. The Labute approximate surface area is 120 Å². The van der Waals surface area contributed by atoms with Crippen LogP contribution in [0.1, 0.15) is 37.7 Å². The van der Waals surface area contributed by atoms with Crippen molar-refractivity contribution in [2.24, 2.45) is 5.73 Å². The van der Waals surface area contributed by atoms with Crippen LogP contribution in [-0.2, 0) is 16.6 Å². The average molecular weight is 298 g/mol. The lowest BCUT2D eigenvalue weighted by molar-refractivity contribution is 0.396. The number of sulfonamides is 1. The Balaban J connectivity index is 2.24. The summed E-state index contributed by atoms with van der Waals surface area (Å²) in [6.45, 7) is 0.354. The summed E-state index contributed by atoms with van der Waals surface area (Å²) in [5, 5.41) is 0. The third-order valence-electron chi connectivity index (χ3n) is 3.68. The van der Waals surface area contributed by atoms with Gasteiger partial charge in [0.25, 0.3) is 0 Å². The minimum absolute atomic E-state index is 0.0349. The molecule has 112 valence electrons. The zero-order valence-electron chi connectivity index (χ0n) is 11.8. The van der Waals surface area contributed by atoms with Crippen LogP contribution in [0.15, 0.2) is 23.1 Å². The Morgan fingerprint density at radius 3 is 2.60 bits per heavy atom.